The number of benzene rings is 3. The second-order valence-electron chi connectivity index (χ2n) is 9.33. The van der Waals surface area contributed by atoms with Crippen molar-refractivity contribution in [3.63, 3.8) is 0 Å². The molecule has 1 saturated heterocycles. The van der Waals surface area contributed by atoms with Crippen LogP contribution in [-0.4, -0.2) is 70.9 Å². The summed E-state index contributed by atoms with van der Waals surface area (Å²) in [7, 11) is 6.42. The van der Waals surface area contributed by atoms with Gasteiger partial charge in [-0.05, 0) is 53.1 Å². The van der Waals surface area contributed by atoms with Crippen molar-refractivity contribution in [2.45, 2.75) is 50.5 Å². The van der Waals surface area contributed by atoms with Gasteiger partial charge in [-0.25, -0.2) is 0 Å². The van der Waals surface area contributed by atoms with Gasteiger partial charge in [-0.1, -0.05) is 36.4 Å². The van der Waals surface area contributed by atoms with E-state index in [0.29, 0.717) is 0 Å². The fraction of sp³-hybridized carbons (Fsp3) is 0.419. The third-order valence-corrected chi connectivity index (χ3v) is 6.81. The highest BCUT2D eigenvalue weighted by Crippen LogP contribution is 2.31. The van der Waals surface area contributed by atoms with Crippen molar-refractivity contribution in [2.75, 3.05) is 35.0 Å². The van der Waals surface area contributed by atoms with Crippen LogP contribution >= 0.6 is 0 Å². The molecule has 40 heavy (non-hydrogen) atoms. The van der Waals surface area contributed by atoms with Gasteiger partial charge in [0, 0.05) is 7.11 Å². The van der Waals surface area contributed by atoms with Crippen molar-refractivity contribution >= 4 is 0 Å². The van der Waals surface area contributed by atoms with E-state index in [1.807, 2.05) is 72.8 Å². The molecule has 0 saturated carbocycles. The maximum absolute atomic E-state index is 10.2. The third kappa shape index (κ3) is 7.72. The Hall–Kier alpha value is -3.18. The molecule has 4 rings (SSSR count). The Morgan fingerprint density at radius 2 is 0.925 bits per heavy atom. The van der Waals surface area contributed by atoms with Gasteiger partial charge in [-0.2, -0.15) is 0 Å². The van der Waals surface area contributed by atoms with Crippen LogP contribution in [0.4, 0.5) is 0 Å². The SMILES string of the molecule is COc1ccc(CO[C@@H]2[C@@H](OCc3ccc(OC)cc3)[C@@H](OC)O[C@H](CO)[C@H]2OCc2ccc(OC)cc2)cc1. The molecular weight excluding hydrogens is 516 g/mol. The lowest BCUT2D eigenvalue weighted by molar-refractivity contribution is -0.321. The molecule has 1 aliphatic rings. The second kappa shape index (κ2) is 15.0. The fourth-order valence-corrected chi connectivity index (χ4v) is 4.53. The van der Waals surface area contributed by atoms with E-state index in [2.05, 4.69) is 0 Å². The lowest BCUT2D eigenvalue weighted by Gasteiger charge is -2.45. The zero-order valence-electron chi connectivity index (χ0n) is 23.4. The van der Waals surface area contributed by atoms with Crippen LogP contribution in [0.5, 0.6) is 17.2 Å². The Bertz CT molecular complexity index is 1070. The normalized spacial score (nSPS) is 22.6. The van der Waals surface area contributed by atoms with Crippen LogP contribution in [0.3, 0.4) is 0 Å². The summed E-state index contributed by atoms with van der Waals surface area (Å²) in [5.41, 5.74) is 2.84. The first-order chi connectivity index (χ1) is 19.6. The summed E-state index contributed by atoms with van der Waals surface area (Å²) >= 11 is 0. The average Bonchev–Trinajstić information content (AvgIpc) is 3.02. The number of methoxy groups -OCH3 is 4. The largest absolute Gasteiger partial charge is 0.497 e. The Balaban J connectivity index is 1.56. The molecule has 3 aromatic rings. The quantitative estimate of drug-likeness (QED) is 0.316. The first kappa shape index (κ1) is 29.8. The molecule has 9 nitrogen and oxygen atoms in total. The van der Waals surface area contributed by atoms with Gasteiger partial charge < -0.3 is 43.0 Å². The molecule has 0 aliphatic carbocycles. The molecule has 0 spiro atoms. The minimum Gasteiger partial charge on any atom is -0.497 e. The summed E-state index contributed by atoms with van der Waals surface area (Å²) in [5.74, 6) is 2.28. The Labute approximate surface area is 235 Å². The van der Waals surface area contributed by atoms with E-state index in [4.69, 9.17) is 37.9 Å². The van der Waals surface area contributed by atoms with E-state index in [-0.39, 0.29) is 26.4 Å². The molecule has 1 fully saturated rings. The summed E-state index contributed by atoms with van der Waals surface area (Å²) < 4.78 is 46.8. The highest BCUT2D eigenvalue weighted by molar-refractivity contribution is 5.28. The van der Waals surface area contributed by atoms with Gasteiger partial charge in [0.2, 0.25) is 0 Å². The van der Waals surface area contributed by atoms with Crippen molar-refractivity contribution in [3.05, 3.63) is 89.5 Å². The highest BCUT2D eigenvalue weighted by atomic mass is 16.7. The summed E-state index contributed by atoms with van der Waals surface area (Å²) in [4.78, 5) is 0. The Morgan fingerprint density at radius 3 is 1.27 bits per heavy atom. The second-order valence-corrected chi connectivity index (χ2v) is 9.33. The minimum atomic E-state index is -0.780. The van der Waals surface area contributed by atoms with Crippen molar-refractivity contribution < 1.29 is 43.0 Å². The molecular formula is C31H38O9. The van der Waals surface area contributed by atoms with Crippen LogP contribution in [0.25, 0.3) is 0 Å². The van der Waals surface area contributed by atoms with Crippen molar-refractivity contribution in [2.24, 2.45) is 0 Å². The van der Waals surface area contributed by atoms with Crippen molar-refractivity contribution in [1.82, 2.24) is 0 Å². The maximum atomic E-state index is 10.2. The third-order valence-electron chi connectivity index (χ3n) is 6.81. The number of aliphatic hydroxyl groups is 1. The lowest BCUT2D eigenvalue weighted by atomic mass is 9.98. The number of aliphatic hydroxyl groups excluding tert-OH is 1. The number of hydrogen-bond acceptors (Lipinski definition) is 9. The molecule has 0 amide bonds. The van der Waals surface area contributed by atoms with Gasteiger partial charge in [0.1, 0.15) is 41.7 Å². The molecule has 3 aromatic carbocycles. The zero-order chi connectivity index (χ0) is 28.3. The molecule has 1 heterocycles. The number of ether oxygens (including phenoxy) is 8. The molecule has 1 N–H and O–H groups in total. The molecule has 9 heteroatoms. The minimum absolute atomic E-state index is 0.277. The van der Waals surface area contributed by atoms with Crippen LogP contribution in [0.1, 0.15) is 16.7 Å². The summed E-state index contributed by atoms with van der Waals surface area (Å²) in [6, 6.07) is 22.9. The number of hydrogen-bond donors (Lipinski definition) is 1. The predicted octanol–water partition coefficient (Wildman–Crippen LogP) is 4.13. The lowest BCUT2D eigenvalue weighted by Crippen LogP contribution is -2.61. The van der Waals surface area contributed by atoms with Crippen LogP contribution < -0.4 is 14.2 Å². The van der Waals surface area contributed by atoms with Crippen LogP contribution in [-0.2, 0) is 43.5 Å². The summed E-state index contributed by atoms with van der Waals surface area (Å²) in [5, 5.41) is 10.2. The standard InChI is InChI=1S/C31H38O9/c1-33-24-11-5-21(6-12-24)18-37-28-27(17-32)40-31(36-4)30(39-20-23-9-15-26(35-3)16-10-23)29(28)38-19-22-7-13-25(34-2)14-8-22/h5-16,27-32H,17-20H2,1-4H3/t27-,28-,29+,30-,31+/m1/s1. The first-order valence-electron chi connectivity index (χ1n) is 13.1. The van der Waals surface area contributed by atoms with Gasteiger partial charge >= 0.3 is 0 Å². The summed E-state index contributed by atoms with van der Waals surface area (Å²) in [6.45, 7) is 0.573. The van der Waals surface area contributed by atoms with Gasteiger partial charge in [0.15, 0.2) is 6.29 Å². The molecule has 1 aliphatic heterocycles. The molecule has 0 aromatic heterocycles. The molecule has 0 radical (unpaired) electrons. The number of rotatable bonds is 14. The van der Waals surface area contributed by atoms with Crippen molar-refractivity contribution in [1.29, 1.82) is 0 Å². The van der Waals surface area contributed by atoms with E-state index in [1.54, 1.807) is 28.4 Å². The van der Waals surface area contributed by atoms with E-state index in [0.717, 1.165) is 33.9 Å². The highest BCUT2D eigenvalue weighted by Gasteiger charge is 2.48. The van der Waals surface area contributed by atoms with Gasteiger partial charge in [-0.15, -0.1) is 0 Å². The van der Waals surface area contributed by atoms with Gasteiger partial charge in [0.25, 0.3) is 0 Å². The fourth-order valence-electron chi connectivity index (χ4n) is 4.53. The monoisotopic (exact) mass is 554 g/mol. The summed E-state index contributed by atoms with van der Waals surface area (Å²) in [6.07, 6.45) is -3.37. The van der Waals surface area contributed by atoms with E-state index in [1.165, 1.54) is 0 Å². The maximum Gasteiger partial charge on any atom is 0.186 e. The van der Waals surface area contributed by atoms with Crippen LogP contribution in [0.15, 0.2) is 72.8 Å². The molecule has 5 atom stereocenters. The zero-order valence-corrected chi connectivity index (χ0v) is 23.4. The molecule has 0 unspecified atom stereocenters. The van der Waals surface area contributed by atoms with Gasteiger partial charge in [-0.3, -0.25) is 0 Å². The first-order valence-corrected chi connectivity index (χ1v) is 13.1. The van der Waals surface area contributed by atoms with E-state index < -0.39 is 30.7 Å². The Kier molecular flexibility index (Phi) is 11.2. The van der Waals surface area contributed by atoms with Gasteiger partial charge in [0.05, 0.1) is 47.8 Å². The molecule has 0 bridgehead atoms. The van der Waals surface area contributed by atoms with Crippen LogP contribution in [0.2, 0.25) is 0 Å². The van der Waals surface area contributed by atoms with Crippen molar-refractivity contribution in [3.8, 4) is 17.2 Å². The smallest absolute Gasteiger partial charge is 0.186 e. The average molecular weight is 555 g/mol. The molecule has 216 valence electrons. The van der Waals surface area contributed by atoms with Crippen LogP contribution in [0, 0.1) is 0 Å². The predicted molar refractivity (Wildman–Crippen MR) is 147 cm³/mol. The Morgan fingerprint density at radius 1 is 0.550 bits per heavy atom. The van der Waals surface area contributed by atoms with E-state index in [9.17, 15) is 5.11 Å². The van der Waals surface area contributed by atoms with E-state index >= 15 is 0 Å². The topological polar surface area (TPSA) is 94.1 Å².